The van der Waals surface area contributed by atoms with Crippen LogP contribution >= 0.6 is 11.3 Å². The molecule has 4 heteroatoms. The lowest BCUT2D eigenvalue weighted by molar-refractivity contribution is 0.0643. The monoisotopic (exact) mass is 219 g/mol. The first kappa shape index (κ1) is 11.6. The molecular formula is C10H15F2NS. The van der Waals surface area contributed by atoms with Crippen LogP contribution in [0, 0.1) is 0 Å². The number of hydrogen-bond donors (Lipinski definition) is 1. The van der Waals surface area contributed by atoms with Crippen LogP contribution in [-0.2, 0) is 12.8 Å². The molecule has 0 saturated heterocycles. The molecule has 0 aliphatic rings. The van der Waals surface area contributed by atoms with Crippen LogP contribution in [0.3, 0.4) is 0 Å². The van der Waals surface area contributed by atoms with Crippen molar-refractivity contribution in [2.45, 2.75) is 38.7 Å². The molecule has 0 bridgehead atoms. The van der Waals surface area contributed by atoms with Crippen molar-refractivity contribution >= 4 is 11.3 Å². The van der Waals surface area contributed by atoms with Gasteiger partial charge < -0.3 is 5.73 Å². The third-order valence-corrected chi connectivity index (χ3v) is 3.22. The fourth-order valence-corrected chi connectivity index (χ4v) is 2.41. The molecule has 1 atom stereocenters. The van der Waals surface area contributed by atoms with E-state index in [1.54, 1.807) is 0 Å². The lowest BCUT2D eigenvalue weighted by Crippen LogP contribution is -2.45. The summed E-state index contributed by atoms with van der Waals surface area (Å²) in [6.07, 6.45) is -1.35. The smallest absolute Gasteiger partial charge is 0.256 e. The molecule has 1 rings (SSSR count). The van der Waals surface area contributed by atoms with E-state index >= 15 is 0 Å². The molecule has 0 aliphatic carbocycles. The minimum absolute atomic E-state index is 0.255. The second kappa shape index (κ2) is 4.36. The maximum atomic E-state index is 12.5. The van der Waals surface area contributed by atoms with Gasteiger partial charge in [-0.15, -0.1) is 11.3 Å². The molecule has 0 fully saturated rings. The fraction of sp³-hybridized carbons (Fsp3) is 0.600. The molecule has 0 saturated carbocycles. The van der Waals surface area contributed by atoms with Crippen LogP contribution in [0.5, 0.6) is 0 Å². The van der Waals surface area contributed by atoms with Crippen LogP contribution in [0.1, 0.15) is 24.3 Å². The molecule has 0 aliphatic heterocycles. The van der Waals surface area contributed by atoms with Gasteiger partial charge in [-0.05, 0) is 30.4 Å². The number of hydrogen-bond acceptors (Lipinski definition) is 2. The van der Waals surface area contributed by atoms with Gasteiger partial charge in [0.05, 0.1) is 5.54 Å². The standard InChI is InChI=1S/C10H15F2NS/c1-3-7-4-5-14-8(7)6-10(2,13)9(11)12/h4-5,9H,3,6,13H2,1-2H3. The zero-order chi connectivity index (χ0) is 10.8. The Morgan fingerprint density at radius 1 is 1.57 bits per heavy atom. The number of nitrogens with two attached hydrogens (primary N) is 1. The number of rotatable bonds is 4. The second-order valence-electron chi connectivity index (χ2n) is 3.71. The van der Waals surface area contributed by atoms with Gasteiger partial charge in [0.15, 0.2) is 0 Å². The van der Waals surface area contributed by atoms with Crippen molar-refractivity contribution in [3.63, 3.8) is 0 Å². The SMILES string of the molecule is CCc1ccsc1CC(C)(N)C(F)F. The predicted octanol–water partition coefficient (Wildman–Crippen LogP) is 2.84. The average molecular weight is 219 g/mol. The third kappa shape index (κ3) is 2.51. The molecule has 0 aromatic carbocycles. The predicted molar refractivity (Wildman–Crippen MR) is 56.0 cm³/mol. The molecule has 2 N–H and O–H groups in total. The van der Waals surface area contributed by atoms with Gasteiger partial charge in [0, 0.05) is 11.3 Å². The van der Waals surface area contributed by atoms with Crippen LogP contribution in [0.2, 0.25) is 0 Å². The number of alkyl halides is 2. The molecule has 1 unspecified atom stereocenters. The molecule has 0 radical (unpaired) electrons. The Bertz CT molecular complexity index is 294. The zero-order valence-electron chi connectivity index (χ0n) is 8.39. The van der Waals surface area contributed by atoms with Gasteiger partial charge in [-0.25, -0.2) is 8.78 Å². The Balaban J connectivity index is 2.78. The van der Waals surface area contributed by atoms with E-state index in [2.05, 4.69) is 0 Å². The van der Waals surface area contributed by atoms with E-state index in [1.165, 1.54) is 18.3 Å². The molecule has 1 aromatic rings. The molecule has 0 spiro atoms. The van der Waals surface area contributed by atoms with E-state index in [0.717, 1.165) is 16.9 Å². The van der Waals surface area contributed by atoms with E-state index < -0.39 is 12.0 Å². The quantitative estimate of drug-likeness (QED) is 0.828. The van der Waals surface area contributed by atoms with Crippen LogP contribution in [0.25, 0.3) is 0 Å². The van der Waals surface area contributed by atoms with Crippen LogP contribution in [-0.4, -0.2) is 12.0 Å². The third-order valence-electron chi connectivity index (χ3n) is 2.26. The summed E-state index contributed by atoms with van der Waals surface area (Å²) < 4.78 is 25.0. The largest absolute Gasteiger partial charge is 0.320 e. The van der Waals surface area contributed by atoms with Crippen molar-refractivity contribution in [1.29, 1.82) is 0 Å². The minimum atomic E-state index is -2.48. The van der Waals surface area contributed by atoms with Gasteiger partial charge in [-0.1, -0.05) is 6.92 Å². The van der Waals surface area contributed by atoms with E-state index in [0.29, 0.717) is 0 Å². The lowest BCUT2D eigenvalue weighted by atomic mass is 9.97. The molecule has 0 amide bonds. The Hall–Kier alpha value is -0.480. The van der Waals surface area contributed by atoms with Gasteiger partial charge in [-0.2, -0.15) is 0 Å². The van der Waals surface area contributed by atoms with E-state index in [4.69, 9.17) is 5.73 Å². The Kier molecular flexibility index (Phi) is 3.61. The van der Waals surface area contributed by atoms with E-state index in [-0.39, 0.29) is 6.42 Å². The average Bonchev–Trinajstić information content (AvgIpc) is 2.50. The minimum Gasteiger partial charge on any atom is -0.320 e. The summed E-state index contributed by atoms with van der Waals surface area (Å²) in [5.74, 6) is 0. The summed E-state index contributed by atoms with van der Waals surface area (Å²) in [5.41, 5.74) is 5.25. The maximum absolute atomic E-state index is 12.5. The summed E-state index contributed by atoms with van der Waals surface area (Å²) in [4.78, 5) is 0.984. The topological polar surface area (TPSA) is 26.0 Å². The summed E-state index contributed by atoms with van der Waals surface area (Å²) in [5, 5.41) is 1.93. The summed E-state index contributed by atoms with van der Waals surface area (Å²) in [7, 11) is 0. The van der Waals surface area contributed by atoms with Gasteiger partial charge in [0.1, 0.15) is 0 Å². The van der Waals surface area contributed by atoms with Crippen molar-refractivity contribution in [1.82, 2.24) is 0 Å². The summed E-state index contributed by atoms with van der Waals surface area (Å²) >= 11 is 1.51. The first-order valence-electron chi connectivity index (χ1n) is 4.59. The Labute approximate surface area is 86.9 Å². The van der Waals surface area contributed by atoms with Crippen molar-refractivity contribution in [3.05, 3.63) is 21.9 Å². The Morgan fingerprint density at radius 2 is 2.21 bits per heavy atom. The van der Waals surface area contributed by atoms with E-state index in [9.17, 15) is 8.78 Å². The second-order valence-corrected chi connectivity index (χ2v) is 4.71. The summed E-state index contributed by atoms with van der Waals surface area (Å²) in [6, 6.07) is 1.97. The lowest BCUT2D eigenvalue weighted by Gasteiger charge is -2.23. The first-order chi connectivity index (χ1) is 6.47. The molecule has 1 heterocycles. The highest BCUT2D eigenvalue weighted by Crippen LogP contribution is 2.25. The van der Waals surface area contributed by atoms with Crippen molar-refractivity contribution in [2.24, 2.45) is 5.73 Å². The number of aryl methyl sites for hydroxylation is 1. The molecular weight excluding hydrogens is 204 g/mol. The normalized spacial score (nSPS) is 15.9. The zero-order valence-corrected chi connectivity index (χ0v) is 9.20. The van der Waals surface area contributed by atoms with Gasteiger partial charge in [0.2, 0.25) is 0 Å². The van der Waals surface area contributed by atoms with Crippen molar-refractivity contribution in [3.8, 4) is 0 Å². The van der Waals surface area contributed by atoms with Gasteiger partial charge >= 0.3 is 0 Å². The number of thiophene rings is 1. The molecule has 14 heavy (non-hydrogen) atoms. The van der Waals surface area contributed by atoms with Gasteiger partial charge in [0.25, 0.3) is 6.43 Å². The number of halogens is 2. The van der Waals surface area contributed by atoms with Gasteiger partial charge in [-0.3, -0.25) is 0 Å². The van der Waals surface area contributed by atoms with Crippen LogP contribution in [0.4, 0.5) is 8.78 Å². The first-order valence-corrected chi connectivity index (χ1v) is 5.47. The highest BCUT2D eigenvalue weighted by molar-refractivity contribution is 7.10. The molecule has 1 aromatic heterocycles. The molecule has 1 nitrogen and oxygen atoms in total. The highest BCUT2D eigenvalue weighted by Gasteiger charge is 2.31. The van der Waals surface area contributed by atoms with Crippen molar-refractivity contribution in [2.75, 3.05) is 0 Å². The Morgan fingerprint density at radius 3 is 2.71 bits per heavy atom. The van der Waals surface area contributed by atoms with Crippen molar-refractivity contribution < 1.29 is 8.78 Å². The summed E-state index contributed by atoms with van der Waals surface area (Å²) in [6.45, 7) is 3.42. The maximum Gasteiger partial charge on any atom is 0.256 e. The molecule has 80 valence electrons. The fourth-order valence-electron chi connectivity index (χ4n) is 1.26. The highest BCUT2D eigenvalue weighted by atomic mass is 32.1. The van der Waals surface area contributed by atoms with Crippen LogP contribution in [0.15, 0.2) is 11.4 Å². The van der Waals surface area contributed by atoms with Crippen LogP contribution < -0.4 is 5.73 Å². The van der Waals surface area contributed by atoms with E-state index in [1.807, 2.05) is 18.4 Å².